The van der Waals surface area contributed by atoms with Crippen molar-refractivity contribution in [3.63, 3.8) is 0 Å². The van der Waals surface area contributed by atoms with Gasteiger partial charge in [-0.15, -0.1) is 0 Å². The van der Waals surface area contributed by atoms with E-state index in [9.17, 15) is 0 Å². The van der Waals surface area contributed by atoms with Crippen molar-refractivity contribution in [3.05, 3.63) is 18.2 Å². The van der Waals surface area contributed by atoms with Gasteiger partial charge in [-0.05, 0) is 24.5 Å². The van der Waals surface area contributed by atoms with Crippen molar-refractivity contribution >= 4 is 11.4 Å². The molecule has 2 N–H and O–H groups in total. The van der Waals surface area contributed by atoms with Gasteiger partial charge in [0.2, 0.25) is 0 Å². The number of hydrogen-bond acceptors (Lipinski definition) is 3. The monoisotopic (exact) mass is 220 g/mol. The smallest absolute Gasteiger partial charge is 0.144 e. The highest BCUT2D eigenvalue weighted by molar-refractivity contribution is 5.64. The zero-order valence-electron chi connectivity index (χ0n) is 10.1. The van der Waals surface area contributed by atoms with E-state index >= 15 is 0 Å². The molecule has 1 aromatic carbocycles. The Labute approximate surface area is 97.2 Å². The first-order chi connectivity index (χ1) is 7.66. The fraction of sp³-hybridized carbons (Fsp3) is 0.538. The van der Waals surface area contributed by atoms with Crippen molar-refractivity contribution in [2.75, 3.05) is 30.3 Å². The van der Waals surface area contributed by atoms with Gasteiger partial charge in [0.05, 0.1) is 12.2 Å². The lowest BCUT2D eigenvalue weighted by molar-refractivity contribution is 0.306. The van der Waals surface area contributed by atoms with Gasteiger partial charge in [-0.25, -0.2) is 0 Å². The first-order valence-corrected chi connectivity index (χ1v) is 5.94. The van der Waals surface area contributed by atoms with Gasteiger partial charge in [0, 0.05) is 18.3 Å². The van der Waals surface area contributed by atoms with Crippen LogP contribution in [0.15, 0.2) is 18.2 Å². The Morgan fingerprint density at radius 1 is 1.44 bits per heavy atom. The molecule has 3 heteroatoms. The van der Waals surface area contributed by atoms with Crippen molar-refractivity contribution < 1.29 is 4.74 Å². The molecule has 2 rings (SSSR count). The molecule has 0 amide bonds. The number of nitrogen functional groups attached to an aromatic ring is 1. The highest BCUT2D eigenvalue weighted by Crippen LogP contribution is 2.33. The maximum absolute atomic E-state index is 5.75. The molecule has 0 atom stereocenters. The second kappa shape index (κ2) is 4.64. The first kappa shape index (κ1) is 11.1. The Morgan fingerprint density at radius 3 is 3.00 bits per heavy atom. The van der Waals surface area contributed by atoms with Crippen LogP contribution >= 0.6 is 0 Å². The molecule has 1 aliphatic heterocycles. The minimum atomic E-state index is 0.736. The molecule has 0 aliphatic carbocycles. The zero-order valence-corrected chi connectivity index (χ0v) is 10.1. The summed E-state index contributed by atoms with van der Waals surface area (Å²) in [5.41, 5.74) is 7.70. The molecule has 88 valence electrons. The van der Waals surface area contributed by atoms with E-state index in [0.717, 1.165) is 37.1 Å². The molecule has 3 nitrogen and oxygen atoms in total. The van der Waals surface area contributed by atoms with Gasteiger partial charge < -0.3 is 15.4 Å². The van der Waals surface area contributed by atoms with Crippen LogP contribution in [0.5, 0.6) is 5.75 Å². The average Bonchev–Trinajstić information content (AvgIpc) is 2.25. The minimum Gasteiger partial charge on any atom is -0.489 e. The highest BCUT2D eigenvalue weighted by atomic mass is 16.5. The van der Waals surface area contributed by atoms with Crippen molar-refractivity contribution in [2.45, 2.75) is 20.3 Å². The van der Waals surface area contributed by atoms with E-state index in [1.165, 1.54) is 12.1 Å². The summed E-state index contributed by atoms with van der Waals surface area (Å²) in [5, 5.41) is 0. The van der Waals surface area contributed by atoms with Crippen molar-refractivity contribution in [1.29, 1.82) is 0 Å². The number of nitrogens with zero attached hydrogens (tertiary/aromatic N) is 1. The molecule has 1 heterocycles. The molecule has 0 radical (unpaired) electrons. The average molecular weight is 220 g/mol. The molecule has 0 unspecified atom stereocenters. The lowest BCUT2D eigenvalue weighted by Crippen LogP contribution is -2.34. The Morgan fingerprint density at radius 2 is 2.25 bits per heavy atom. The van der Waals surface area contributed by atoms with Crippen molar-refractivity contribution in [1.82, 2.24) is 0 Å². The fourth-order valence-electron chi connectivity index (χ4n) is 1.94. The van der Waals surface area contributed by atoms with Crippen LogP contribution in [-0.2, 0) is 0 Å². The maximum Gasteiger partial charge on any atom is 0.144 e. The number of nitrogens with two attached hydrogens (primary N) is 1. The van der Waals surface area contributed by atoms with Gasteiger partial charge in [-0.2, -0.15) is 0 Å². The third-order valence-electron chi connectivity index (χ3n) is 2.92. The molecular weight excluding hydrogens is 200 g/mol. The van der Waals surface area contributed by atoms with Gasteiger partial charge in [0.15, 0.2) is 0 Å². The third-order valence-corrected chi connectivity index (χ3v) is 2.92. The van der Waals surface area contributed by atoms with E-state index in [0.29, 0.717) is 0 Å². The largest absolute Gasteiger partial charge is 0.489 e. The van der Waals surface area contributed by atoms with E-state index < -0.39 is 0 Å². The highest BCUT2D eigenvalue weighted by Gasteiger charge is 2.17. The summed E-state index contributed by atoms with van der Waals surface area (Å²) in [6, 6.07) is 5.91. The number of hydrogen-bond donors (Lipinski definition) is 1. The SMILES string of the molecule is CC(C)CCN1CCOc2cc(N)ccc21. The molecule has 0 saturated heterocycles. The number of fused-ring (bicyclic) bond motifs is 1. The number of rotatable bonds is 3. The summed E-state index contributed by atoms with van der Waals surface area (Å²) in [6.07, 6.45) is 1.21. The molecule has 0 fully saturated rings. The van der Waals surface area contributed by atoms with Crippen LogP contribution in [0.2, 0.25) is 0 Å². The van der Waals surface area contributed by atoms with E-state index in [-0.39, 0.29) is 0 Å². The maximum atomic E-state index is 5.75. The molecule has 0 bridgehead atoms. The summed E-state index contributed by atoms with van der Waals surface area (Å²) < 4.78 is 5.62. The molecule has 0 saturated carbocycles. The summed E-state index contributed by atoms with van der Waals surface area (Å²) in [6.45, 7) is 7.34. The number of anilines is 2. The molecule has 0 aromatic heterocycles. The van der Waals surface area contributed by atoms with Crippen molar-refractivity contribution in [3.8, 4) is 5.75 Å². The molecule has 1 aromatic rings. The summed E-state index contributed by atoms with van der Waals surface area (Å²) in [5.74, 6) is 1.66. The van der Waals surface area contributed by atoms with Crippen LogP contribution in [0.4, 0.5) is 11.4 Å². The Hall–Kier alpha value is -1.38. The zero-order chi connectivity index (χ0) is 11.5. The lowest BCUT2D eigenvalue weighted by atomic mass is 10.1. The standard InChI is InChI=1S/C13H20N2O/c1-10(2)5-6-15-7-8-16-13-9-11(14)3-4-12(13)15/h3-4,9-10H,5-8,14H2,1-2H3. The van der Waals surface area contributed by atoms with Crippen LogP contribution in [0, 0.1) is 5.92 Å². The van der Waals surface area contributed by atoms with Gasteiger partial charge in [0.25, 0.3) is 0 Å². The predicted octanol–water partition coefficient (Wildman–Crippen LogP) is 2.51. The van der Waals surface area contributed by atoms with Crippen LogP contribution in [-0.4, -0.2) is 19.7 Å². The molecular formula is C13H20N2O. The minimum absolute atomic E-state index is 0.736. The summed E-state index contributed by atoms with van der Waals surface area (Å²) in [7, 11) is 0. The van der Waals surface area contributed by atoms with Gasteiger partial charge in [-0.3, -0.25) is 0 Å². The molecule has 16 heavy (non-hydrogen) atoms. The van der Waals surface area contributed by atoms with Gasteiger partial charge >= 0.3 is 0 Å². The Bertz CT molecular complexity index is 363. The fourth-order valence-corrected chi connectivity index (χ4v) is 1.94. The van der Waals surface area contributed by atoms with Crippen LogP contribution < -0.4 is 15.4 Å². The van der Waals surface area contributed by atoms with E-state index in [1.54, 1.807) is 0 Å². The second-order valence-corrected chi connectivity index (χ2v) is 4.75. The molecule has 0 spiro atoms. The number of ether oxygens (including phenoxy) is 1. The van der Waals surface area contributed by atoms with Gasteiger partial charge in [0.1, 0.15) is 12.4 Å². The Kier molecular flexibility index (Phi) is 3.22. The third kappa shape index (κ3) is 2.40. The van der Waals surface area contributed by atoms with Gasteiger partial charge in [-0.1, -0.05) is 13.8 Å². The second-order valence-electron chi connectivity index (χ2n) is 4.75. The van der Waals surface area contributed by atoms with E-state index in [4.69, 9.17) is 10.5 Å². The predicted molar refractivity (Wildman–Crippen MR) is 68.0 cm³/mol. The lowest BCUT2D eigenvalue weighted by Gasteiger charge is -2.31. The summed E-state index contributed by atoms with van der Waals surface area (Å²) in [4.78, 5) is 2.39. The van der Waals surface area contributed by atoms with Crippen molar-refractivity contribution in [2.24, 2.45) is 5.92 Å². The topological polar surface area (TPSA) is 38.5 Å². The van der Waals surface area contributed by atoms with E-state index in [2.05, 4.69) is 24.8 Å². The number of benzene rings is 1. The van der Waals surface area contributed by atoms with E-state index in [1.807, 2.05) is 12.1 Å². The van der Waals surface area contributed by atoms with Crippen LogP contribution in [0.3, 0.4) is 0 Å². The Balaban J connectivity index is 2.13. The molecule has 1 aliphatic rings. The normalized spacial score (nSPS) is 14.8. The quantitative estimate of drug-likeness (QED) is 0.795. The first-order valence-electron chi connectivity index (χ1n) is 5.94. The summed E-state index contributed by atoms with van der Waals surface area (Å²) >= 11 is 0. The van der Waals surface area contributed by atoms with Crippen LogP contribution in [0.1, 0.15) is 20.3 Å². The van der Waals surface area contributed by atoms with Crippen LogP contribution in [0.25, 0.3) is 0 Å².